The number of carbonyl (C=O) groups excluding carboxylic acids is 1. The Bertz CT molecular complexity index is 761. The standard InChI is InChI=1S/C18H21ClN4OS/c19-15-4-2-1-3-14(15)13-7-9-23(11-13)10-8-16(24)20-18-22-21-17(25-18)12-5-6-12/h1-4,12-13H,5-11H2,(H,20,22,24)/t13-/m1/s1. The molecule has 0 bridgehead atoms. The van der Waals surface area contributed by atoms with Crippen molar-refractivity contribution in [3.05, 3.63) is 39.9 Å². The van der Waals surface area contributed by atoms with E-state index in [9.17, 15) is 4.79 Å². The summed E-state index contributed by atoms with van der Waals surface area (Å²) in [6.45, 7) is 2.73. The van der Waals surface area contributed by atoms with E-state index in [0.717, 1.165) is 36.1 Å². The number of benzene rings is 1. The third kappa shape index (κ3) is 4.19. The summed E-state index contributed by atoms with van der Waals surface area (Å²) in [5.74, 6) is 1.05. The summed E-state index contributed by atoms with van der Waals surface area (Å²) in [5.41, 5.74) is 1.22. The predicted octanol–water partition coefficient (Wildman–Crippen LogP) is 3.89. The lowest BCUT2D eigenvalue weighted by Crippen LogP contribution is -2.25. The number of hydrogen-bond donors (Lipinski definition) is 1. The van der Waals surface area contributed by atoms with Gasteiger partial charge in [0, 0.05) is 30.5 Å². The smallest absolute Gasteiger partial charge is 0.227 e. The Balaban J connectivity index is 1.24. The fraction of sp³-hybridized carbons (Fsp3) is 0.500. The molecule has 1 aromatic heterocycles. The number of halogens is 1. The molecular weight excluding hydrogens is 356 g/mol. The van der Waals surface area contributed by atoms with E-state index in [1.807, 2.05) is 18.2 Å². The number of nitrogens with zero attached hydrogens (tertiary/aromatic N) is 3. The molecule has 5 nitrogen and oxygen atoms in total. The average Bonchev–Trinajstić information content (AvgIpc) is 3.17. The number of carbonyl (C=O) groups is 1. The number of anilines is 1. The summed E-state index contributed by atoms with van der Waals surface area (Å²) >= 11 is 7.81. The van der Waals surface area contributed by atoms with E-state index < -0.39 is 0 Å². The Kier molecular flexibility index (Phi) is 5.01. The highest BCUT2D eigenvalue weighted by Gasteiger charge is 2.28. The predicted molar refractivity (Wildman–Crippen MR) is 100 cm³/mol. The summed E-state index contributed by atoms with van der Waals surface area (Å²) in [7, 11) is 0. The first-order valence-electron chi connectivity index (χ1n) is 8.79. The monoisotopic (exact) mass is 376 g/mol. The van der Waals surface area contributed by atoms with Gasteiger partial charge in [-0.2, -0.15) is 0 Å². The van der Waals surface area contributed by atoms with Gasteiger partial charge in [-0.1, -0.05) is 41.1 Å². The third-order valence-corrected chi connectivity index (χ3v) is 6.23. The molecule has 2 fully saturated rings. The Hall–Kier alpha value is -1.50. The average molecular weight is 377 g/mol. The van der Waals surface area contributed by atoms with Gasteiger partial charge in [0.15, 0.2) is 0 Å². The van der Waals surface area contributed by atoms with Crippen LogP contribution in [0.25, 0.3) is 0 Å². The Labute approximate surface area is 156 Å². The van der Waals surface area contributed by atoms with E-state index in [-0.39, 0.29) is 5.91 Å². The zero-order chi connectivity index (χ0) is 17.2. The first kappa shape index (κ1) is 16.9. The molecule has 2 heterocycles. The number of amides is 1. The summed E-state index contributed by atoms with van der Waals surface area (Å²) < 4.78 is 0. The highest BCUT2D eigenvalue weighted by molar-refractivity contribution is 7.15. The summed E-state index contributed by atoms with van der Waals surface area (Å²) in [6, 6.07) is 8.06. The van der Waals surface area contributed by atoms with Crippen LogP contribution in [0.3, 0.4) is 0 Å². The molecule has 1 saturated carbocycles. The molecule has 1 atom stereocenters. The second-order valence-electron chi connectivity index (χ2n) is 6.83. The zero-order valence-electron chi connectivity index (χ0n) is 13.9. The first-order chi connectivity index (χ1) is 12.2. The van der Waals surface area contributed by atoms with Crippen molar-refractivity contribution in [2.75, 3.05) is 25.0 Å². The maximum atomic E-state index is 12.1. The fourth-order valence-corrected chi connectivity index (χ4v) is 4.54. The Morgan fingerprint density at radius 1 is 1.24 bits per heavy atom. The SMILES string of the molecule is O=C(CCN1CC[C@@H](c2ccccc2Cl)C1)Nc1nnc(C2CC2)s1. The van der Waals surface area contributed by atoms with E-state index in [0.29, 0.717) is 23.4 Å². The van der Waals surface area contributed by atoms with Gasteiger partial charge in [0.2, 0.25) is 11.0 Å². The third-order valence-electron chi connectivity index (χ3n) is 4.89. The van der Waals surface area contributed by atoms with Crippen LogP contribution in [0.1, 0.15) is 48.1 Å². The van der Waals surface area contributed by atoms with E-state index in [1.165, 1.54) is 29.7 Å². The van der Waals surface area contributed by atoms with Crippen molar-refractivity contribution in [2.24, 2.45) is 0 Å². The second-order valence-corrected chi connectivity index (χ2v) is 8.24. The molecule has 1 amide bonds. The summed E-state index contributed by atoms with van der Waals surface area (Å²) in [6.07, 6.45) is 3.97. The van der Waals surface area contributed by atoms with Crippen molar-refractivity contribution in [1.29, 1.82) is 0 Å². The van der Waals surface area contributed by atoms with Gasteiger partial charge >= 0.3 is 0 Å². The highest BCUT2D eigenvalue weighted by atomic mass is 35.5. The van der Waals surface area contributed by atoms with Gasteiger partial charge in [-0.3, -0.25) is 4.79 Å². The van der Waals surface area contributed by atoms with E-state index in [4.69, 9.17) is 11.6 Å². The lowest BCUT2D eigenvalue weighted by atomic mass is 9.98. The van der Waals surface area contributed by atoms with Crippen LogP contribution in [-0.2, 0) is 4.79 Å². The zero-order valence-corrected chi connectivity index (χ0v) is 15.5. The van der Waals surface area contributed by atoms with Crippen LogP contribution in [0, 0.1) is 0 Å². The van der Waals surface area contributed by atoms with Gasteiger partial charge in [-0.25, -0.2) is 0 Å². The number of likely N-dealkylation sites (tertiary alicyclic amines) is 1. The minimum Gasteiger partial charge on any atom is -0.302 e. The van der Waals surface area contributed by atoms with Crippen LogP contribution in [0.2, 0.25) is 5.02 Å². The molecule has 0 spiro atoms. The van der Waals surface area contributed by atoms with Crippen molar-refractivity contribution < 1.29 is 4.79 Å². The minimum absolute atomic E-state index is 0.0136. The molecule has 132 valence electrons. The van der Waals surface area contributed by atoms with E-state index in [2.05, 4.69) is 26.5 Å². The lowest BCUT2D eigenvalue weighted by Gasteiger charge is -2.16. The maximum Gasteiger partial charge on any atom is 0.227 e. The van der Waals surface area contributed by atoms with Crippen molar-refractivity contribution in [3.8, 4) is 0 Å². The first-order valence-corrected chi connectivity index (χ1v) is 9.98. The molecule has 1 aromatic carbocycles. The van der Waals surface area contributed by atoms with Crippen molar-refractivity contribution in [1.82, 2.24) is 15.1 Å². The largest absolute Gasteiger partial charge is 0.302 e. The van der Waals surface area contributed by atoms with Crippen molar-refractivity contribution in [3.63, 3.8) is 0 Å². The van der Waals surface area contributed by atoms with Crippen LogP contribution >= 0.6 is 22.9 Å². The minimum atomic E-state index is 0.0136. The molecule has 0 radical (unpaired) electrons. The second kappa shape index (κ2) is 7.40. The Morgan fingerprint density at radius 3 is 2.88 bits per heavy atom. The summed E-state index contributed by atoms with van der Waals surface area (Å²) in [4.78, 5) is 14.5. The van der Waals surface area contributed by atoms with Crippen LogP contribution in [-0.4, -0.2) is 40.6 Å². The summed E-state index contributed by atoms with van der Waals surface area (Å²) in [5, 5.41) is 13.6. The van der Waals surface area contributed by atoms with Gasteiger partial charge in [-0.05, 0) is 43.4 Å². The molecule has 2 aliphatic rings. The normalized spacial score (nSPS) is 20.8. The number of rotatable bonds is 6. The van der Waals surface area contributed by atoms with Crippen molar-refractivity contribution >= 4 is 34.0 Å². The molecule has 1 saturated heterocycles. The number of aromatic nitrogens is 2. The topological polar surface area (TPSA) is 58.1 Å². The Morgan fingerprint density at radius 2 is 2.08 bits per heavy atom. The lowest BCUT2D eigenvalue weighted by molar-refractivity contribution is -0.116. The van der Waals surface area contributed by atoms with Crippen molar-refractivity contribution in [2.45, 2.75) is 37.5 Å². The van der Waals surface area contributed by atoms with E-state index in [1.54, 1.807) is 0 Å². The van der Waals surface area contributed by atoms with Gasteiger partial charge in [-0.15, -0.1) is 10.2 Å². The quantitative estimate of drug-likeness (QED) is 0.830. The van der Waals surface area contributed by atoms with Crippen LogP contribution in [0.4, 0.5) is 5.13 Å². The van der Waals surface area contributed by atoms with Gasteiger partial charge in [0.1, 0.15) is 5.01 Å². The molecule has 4 rings (SSSR count). The molecular formula is C18H21ClN4OS. The molecule has 1 N–H and O–H groups in total. The molecule has 0 unspecified atom stereocenters. The molecule has 7 heteroatoms. The molecule has 1 aliphatic heterocycles. The van der Waals surface area contributed by atoms with Crippen LogP contribution in [0.15, 0.2) is 24.3 Å². The highest BCUT2D eigenvalue weighted by Crippen LogP contribution is 2.42. The van der Waals surface area contributed by atoms with E-state index >= 15 is 0 Å². The fourth-order valence-electron chi connectivity index (χ4n) is 3.32. The molecule has 1 aliphatic carbocycles. The van der Waals surface area contributed by atoms with Gasteiger partial charge in [0.25, 0.3) is 0 Å². The number of hydrogen-bond acceptors (Lipinski definition) is 5. The van der Waals surface area contributed by atoms with Crippen LogP contribution < -0.4 is 5.32 Å². The van der Waals surface area contributed by atoms with Gasteiger partial charge in [0.05, 0.1) is 0 Å². The molecule has 25 heavy (non-hydrogen) atoms. The number of nitrogens with one attached hydrogen (secondary N) is 1. The van der Waals surface area contributed by atoms with Gasteiger partial charge < -0.3 is 10.2 Å². The molecule has 2 aromatic rings. The maximum absolute atomic E-state index is 12.1. The van der Waals surface area contributed by atoms with Crippen LogP contribution in [0.5, 0.6) is 0 Å².